The molecular weight excluding hydrogens is 232 g/mol. The number of ether oxygens (including phenoxy) is 2. The Morgan fingerprint density at radius 2 is 2.17 bits per heavy atom. The van der Waals surface area contributed by atoms with Crippen LogP contribution in [0.5, 0.6) is 5.75 Å². The largest absolute Gasteiger partial charge is 0.493 e. The summed E-state index contributed by atoms with van der Waals surface area (Å²) < 4.78 is 12.2. The molecule has 2 atom stereocenters. The first-order valence-electron chi connectivity index (χ1n) is 6.40. The van der Waals surface area contributed by atoms with Crippen LogP contribution >= 0.6 is 0 Å². The zero-order valence-electron chi connectivity index (χ0n) is 11.7. The van der Waals surface area contributed by atoms with E-state index in [9.17, 15) is 5.11 Å². The molecule has 5 heteroatoms. The Kier molecular flexibility index (Phi) is 6.15. The van der Waals surface area contributed by atoms with Gasteiger partial charge in [0.15, 0.2) is 5.75 Å². The van der Waals surface area contributed by atoms with Gasteiger partial charge >= 0.3 is 0 Å². The molecule has 1 aromatic heterocycles. The van der Waals surface area contributed by atoms with Crippen molar-refractivity contribution in [3.8, 4) is 5.75 Å². The van der Waals surface area contributed by atoms with Crippen LogP contribution in [-0.4, -0.2) is 35.7 Å². The summed E-state index contributed by atoms with van der Waals surface area (Å²) in [5, 5.41) is 14.6. The van der Waals surface area contributed by atoms with E-state index in [4.69, 9.17) is 9.47 Å². The number of aryl methyl sites for hydroxylation is 1. The van der Waals surface area contributed by atoms with Crippen LogP contribution in [0.25, 0.3) is 0 Å². The second kappa shape index (κ2) is 7.38. The monoisotopic (exact) mass is 256 g/mol. The third kappa shape index (κ3) is 3.71. The number of aliphatic hydroxyl groups excluding tert-OH is 1. The number of aliphatic hydroxyl groups is 1. The minimum atomic E-state index is -0.570. The third-order valence-electron chi connectivity index (χ3n) is 2.89. The lowest BCUT2D eigenvalue weighted by molar-refractivity contribution is 0.0947. The maximum Gasteiger partial charge on any atom is 0.162 e. The van der Waals surface area contributed by atoms with Crippen molar-refractivity contribution in [1.29, 1.82) is 0 Å². The van der Waals surface area contributed by atoms with Crippen molar-refractivity contribution < 1.29 is 14.6 Å². The first-order valence-corrected chi connectivity index (χ1v) is 6.40. The van der Waals surface area contributed by atoms with Crippen LogP contribution in [0.15, 0.2) is 6.20 Å². The van der Waals surface area contributed by atoms with Gasteiger partial charge in [0.1, 0.15) is 5.69 Å². The molecule has 0 fully saturated rings. The van der Waals surface area contributed by atoms with Crippen LogP contribution in [0.1, 0.15) is 38.5 Å². The fourth-order valence-electron chi connectivity index (χ4n) is 2.11. The molecule has 0 amide bonds. The van der Waals surface area contributed by atoms with Gasteiger partial charge in [-0.2, -0.15) is 5.10 Å². The van der Waals surface area contributed by atoms with Crippen LogP contribution in [0, 0.1) is 5.92 Å². The van der Waals surface area contributed by atoms with Crippen LogP contribution in [0.2, 0.25) is 0 Å². The molecule has 0 aliphatic heterocycles. The SMILES string of the molecule is CCCn1ncc(OC)c1C(O)CC(C)COC. The normalized spacial score (nSPS) is 14.5. The molecular formula is C13H24N2O3. The molecule has 1 heterocycles. The van der Waals surface area contributed by atoms with E-state index >= 15 is 0 Å². The van der Waals surface area contributed by atoms with E-state index in [1.807, 2.05) is 4.68 Å². The summed E-state index contributed by atoms with van der Waals surface area (Å²) in [5.41, 5.74) is 0.766. The number of nitrogens with zero attached hydrogens (tertiary/aromatic N) is 2. The molecule has 1 aromatic rings. The molecule has 0 aliphatic carbocycles. The van der Waals surface area contributed by atoms with Crippen LogP contribution in [0.4, 0.5) is 0 Å². The van der Waals surface area contributed by atoms with Gasteiger partial charge < -0.3 is 14.6 Å². The summed E-state index contributed by atoms with van der Waals surface area (Å²) in [7, 11) is 3.27. The van der Waals surface area contributed by atoms with Gasteiger partial charge in [-0.05, 0) is 18.8 Å². The van der Waals surface area contributed by atoms with E-state index < -0.39 is 6.10 Å². The fraction of sp³-hybridized carbons (Fsp3) is 0.769. The molecule has 0 saturated heterocycles. The average Bonchev–Trinajstić information content (AvgIpc) is 2.72. The second-order valence-electron chi connectivity index (χ2n) is 4.63. The van der Waals surface area contributed by atoms with Gasteiger partial charge in [0, 0.05) is 20.3 Å². The molecule has 0 bridgehead atoms. The molecule has 0 radical (unpaired) electrons. The van der Waals surface area contributed by atoms with Crippen LogP contribution < -0.4 is 4.74 Å². The maximum absolute atomic E-state index is 10.3. The first kappa shape index (κ1) is 15.0. The minimum absolute atomic E-state index is 0.291. The zero-order chi connectivity index (χ0) is 13.5. The number of methoxy groups -OCH3 is 2. The van der Waals surface area contributed by atoms with Gasteiger partial charge in [-0.1, -0.05) is 13.8 Å². The summed E-state index contributed by atoms with van der Waals surface area (Å²) in [6.07, 6.45) is 2.70. The average molecular weight is 256 g/mol. The summed E-state index contributed by atoms with van der Waals surface area (Å²) >= 11 is 0. The predicted molar refractivity (Wildman–Crippen MR) is 69.7 cm³/mol. The summed E-state index contributed by atoms with van der Waals surface area (Å²) in [6, 6.07) is 0. The molecule has 18 heavy (non-hydrogen) atoms. The zero-order valence-corrected chi connectivity index (χ0v) is 11.7. The summed E-state index contributed by atoms with van der Waals surface area (Å²) in [4.78, 5) is 0. The summed E-state index contributed by atoms with van der Waals surface area (Å²) in [5.74, 6) is 0.945. The minimum Gasteiger partial charge on any atom is -0.493 e. The Morgan fingerprint density at radius 3 is 2.72 bits per heavy atom. The van der Waals surface area contributed by atoms with Crippen molar-refractivity contribution in [3.63, 3.8) is 0 Å². The van der Waals surface area contributed by atoms with Crippen LogP contribution in [0.3, 0.4) is 0 Å². The predicted octanol–water partition coefficient (Wildman–Crippen LogP) is 2.01. The molecule has 2 unspecified atom stereocenters. The van der Waals surface area contributed by atoms with E-state index in [2.05, 4.69) is 18.9 Å². The van der Waals surface area contributed by atoms with Crippen molar-refractivity contribution in [2.24, 2.45) is 5.92 Å². The molecule has 0 aliphatic rings. The van der Waals surface area contributed by atoms with Gasteiger partial charge in [0.25, 0.3) is 0 Å². The smallest absolute Gasteiger partial charge is 0.162 e. The van der Waals surface area contributed by atoms with E-state index in [-0.39, 0.29) is 0 Å². The molecule has 0 saturated carbocycles. The topological polar surface area (TPSA) is 56.5 Å². The molecule has 0 spiro atoms. The Morgan fingerprint density at radius 1 is 1.44 bits per heavy atom. The van der Waals surface area contributed by atoms with Gasteiger partial charge in [0.2, 0.25) is 0 Å². The second-order valence-corrected chi connectivity index (χ2v) is 4.63. The fourth-order valence-corrected chi connectivity index (χ4v) is 2.11. The van der Waals surface area contributed by atoms with E-state index in [0.717, 1.165) is 18.7 Å². The maximum atomic E-state index is 10.3. The number of hydrogen-bond donors (Lipinski definition) is 1. The number of hydrogen-bond acceptors (Lipinski definition) is 4. The van der Waals surface area contributed by atoms with Crippen molar-refractivity contribution >= 4 is 0 Å². The third-order valence-corrected chi connectivity index (χ3v) is 2.89. The molecule has 1 N–H and O–H groups in total. The standard InChI is InChI=1S/C13H24N2O3/c1-5-6-15-13(12(18-4)8-14-15)11(16)7-10(2)9-17-3/h8,10-11,16H,5-7,9H2,1-4H3. The lowest BCUT2D eigenvalue weighted by Gasteiger charge is -2.18. The van der Waals surface area contributed by atoms with E-state index in [0.29, 0.717) is 24.7 Å². The number of rotatable bonds is 8. The molecule has 0 aromatic carbocycles. The first-order chi connectivity index (χ1) is 8.63. The lowest BCUT2D eigenvalue weighted by atomic mass is 10.0. The van der Waals surface area contributed by atoms with Gasteiger partial charge in [0.05, 0.1) is 19.4 Å². The van der Waals surface area contributed by atoms with E-state index in [1.165, 1.54) is 0 Å². The highest BCUT2D eigenvalue weighted by Gasteiger charge is 2.21. The molecule has 104 valence electrons. The Bertz CT molecular complexity index is 352. The van der Waals surface area contributed by atoms with Gasteiger partial charge in [-0.25, -0.2) is 0 Å². The summed E-state index contributed by atoms with van der Waals surface area (Å²) in [6.45, 7) is 5.56. The Labute approximate surface area is 109 Å². The van der Waals surface area contributed by atoms with Crippen molar-refractivity contribution in [2.45, 2.75) is 39.3 Å². The molecule has 5 nitrogen and oxygen atoms in total. The van der Waals surface area contributed by atoms with Crippen molar-refractivity contribution in [3.05, 3.63) is 11.9 Å². The quantitative estimate of drug-likeness (QED) is 0.773. The van der Waals surface area contributed by atoms with Gasteiger partial charge in [-0.15, -0.1) is 0 Å². The van der Waals surface area contributed by atoms with Crippen LogP contribution in [-0.2, 0) is 11.3 Å². The highest BCUT2D eigenvalue weighted by molar-refractivity contribution is 5.27. The van der Waals surface area contributed by atoms with Gasteiger partial charge in [-0.3, -0.25) is 4.68 Å². The van der Waals surface area contributed by atoms with Crippen molar-refractivity contribution in [2.75, 3.05) is 20.8 Å². The highest BCUT2D eigenvalue weighted by atomic mass is 16.5. The molecule has 1 rings (SSSR count). The lowest BCUT2D eigenvalue weighted by Crippen LogP contribution is -2.14. The number of aromatic nitrogens is 2. The Hall–Kier alpha value is -1.07. The van der Waals surface area contributed by atoms with E-state index in [1.54, 1.807) is 20.4 Å². The Balaban J connectivity index is 2.81. The van der Waals surface area contributed by atoms with Crippen molar-refractivity contribution in [1.82, 2.24) is 9.78 Å². The highest BCUT2D eigenvalue weighted by Crippen LogP contribution is 2.29.